The summed E-state index contributed by atoms with van der Waals surface area (Å²) in [6, 6.07) is 11.1. The predicted octanol–water partition coefficient (Wildman–Crippen LogP) is 4.20. The molecule has 7 nitrogen and oxygen atoms in total. The van der Waals surface area contributed by atoms with Crippen molar-refractivity contribution in [2.45, 2.75) is 32.8 Å². The molecule has 0 bridgehead atoms. The fraction of sp³-hybridized carbons (Fsp3) is 0.238. The number of rotatable bonds is 7. The molecule has 0 saturated heterocycles. The van der Waals surface area contributed by atoms with Crippen molar-refractivity contribution in [3.05, 3.63) is 65.4 Å². The quantitative estimate of drug-likeness (QED) is 0.460. The maximum absolute atomic E-state index is 12.2. The second-order valence-electron chi connectivity index (χ2n) is 6.45. The topological polar surface area (TPSA) is 94.3 Å². The maximum atomic E-state index is 12.2. The second-order valence-corrected chi connectivity index (χ2v) is 6.81. The fourth-order valence-corrected chi connectivity index (χ4v) is 2.68. The molecule has 0 fully saturated rings. The molecule has 1 atom stereocenters. The first kappa shape index (κ1) is 20.5. The van der Waals surface area contributed by atoms with E-state index < -0.39 is 18.0 Å². The lowest BCUT2D eigenvalue weighted by molar-refractivity contribution is -0.153. The van der Waals surface area contributed by atoms with Crippen molar-refractivity contribution in [2.24, 2.45) is 0 Å². The Morgan fingerprint density at radius 2 is 1.97 bits per heavy atom. The van der Waals surface area contributed by atoms with Crippen LogP contribution in [0.1, 0.15) is 24.8 Å². The van der Waals surface area contributed by atoms with Crippen LogP contribution in [0.25, 0.3) is 11.3 Å². The Balaban J connectivity index is 1.49. The number of benzene rings is 1. The Morgan fingerprint density at radius 1 is 1.21 bits per heavy atom. The van der Waals surface area contributed by atoms with Gasteiger partial charge < -0.3 is 14.5 Å². The van der Waals surface area contributed by atoms with Crippen LogP contribution < -0.4 is 5.32 Å². The lowest BCUT2D eigenvalue weighted by atomic mass is 10.1. The fourth-order valence-electron chi connectivity index (χ4n) is 2.51. The number of amides is 1. The molecule has 0 aliphatic carbocycles. The molecule has 0 saturated carbocycles. The Bertz CT molecular complexity index is 1000. The third-order valence-corrected chi connectivity index (χ3v) is 4.43. The number of esters is 1. The molecule has 29 heavy (non-hydrogen) atoms. The van der Waals surface area contributed by atoms with Crippen LogP contribution in [0.15, 0.2) is 53.2 Å². The number of anilines is 1. The van der Waals surface area contributed by atoms with E-state index in [9.17, 15) is 9.59 Å². The number of nitrogens with one attached hydrogen (secondary N) is 1. The SMILES string of the molecule is Cc1ccc(-c2cnc(CCC(=O)O[C@H](C)C(=O)Nc3cccnc3Cl)o2)cc1. The summed E-state index contributed by atoms with van der Waals surface area (Å²) < 4.78 is 10.9. The Morgan fingerprint density at radius 3 is 2.69 bits per heavy atom. The molecular weight excluding hydrogens is 394 g/mol. The molecule has 1 aromatic carbocycles. The van der Waals surface area contributed by atoms with Gasteiger partial charge in [0, 0.05) is 18.2 Å². The van der Waals surface area contributed by atoms with Crippen molar-refractivity contribution in [1.82, 2.24) is 9.97 Å². The molecule has 2 aromatic heterocycles. The lowest BCUT2D eigenvalue weighted by Crippen LogP contribution is -2.30. The molecule has 0 unspecified atom stereocenters. The van der Waals surface area contributed by atoms with Crippen LogP contribution in [-0.4, -0.2) is 27.9 Å². The summed E-state index contributed by atoms with van der Waals surface area (Å²) in [5.41, 5.74) is 2.42. The van der Waals surface area contributed by atoms with E-state index in [4.69, 9.17) is 20.8 Å². The van der Waals surface area contributed by atoms with Crippen molar-refractivity contribution in [3.8, 4) is 11.3 Å². The maximum Gasteiger partial charge on any atom is 0.307 e. The Hall–Kier alpha value is -3.19. The van der Waals surface area contributed by atoms with Crippen LogP contribution in [0.2, 0.25) is 5.15 Å². The largest absolute Gasteiger partial charge is 0.453 e. The number of halogens is 1. The first-order valence-electron chi connectivity index (χ1n) is 9.05. The van der Waals surface area contributed by atoms with Gasteiger partial charge in [-0.1, -0.05) is 41.4 Å². The minimum atomic E-state index is -0.980. The molecule has 0 radical (unpaired) electrons. The average Bonchev–Trinajstić information content (AvgIpc) is 3.17. The van der Waals surface area contributed by atoms with Crippen LogP contribution in [0, 0.1) is 6.92 Å². The molecule has 0 spiro atoms. The van der Waals surface area contributed by atoms with Gasteiger partial charge in [-0.15, -0.1) is 0 Å². The monoisotopic (exact) mass is 413 g/mol. The Kier molecular flexibility index (Phi) is 6.61. The van der Waals surface area contributed by atoms with E-state index in [-0.39, 0.29) is 18.0 Å². The highest BCUT2D eigenvalue weighted by atomic mass is 35.5. The minimum Gasteiger partial charge on any atom is -0.453 e. The van der Waals surface area contributed by atoms with Crippen LogP contribution in [0.4, 0.5) is 5.69 Å². The van der Waals surface area contributed by atoms with E-state index in [0.29, 0.717) is 17.3 Å². The molecule has 0 aliphatic heterocycles. The second kappa shape index (κ2) is 9.34. The minimum absolute atomic E-state index is 0.0408. The van der Waals surface area contributed by atoms with Gasteiger partial charge in [0.25, 0.3) is 5.91 Å². The Labute approximate surface area is 173 Å². The van der Waals surface area contributed by atoms with Gasteiger partial charge in [-0.2, -0.15) is 0 Å². The first-order chi connectivity index (χ1) is 13.9. The standard InChI is InChI=1S/C21H20ClN3O4/c1-13-5-7-15(8-6-13)17-12-24-18(29-17)9-10-19(26)28-14(2)21(27)25-16-4-3-11-23-20(16)22/h3-8,11-12,14H,9-10H2,1-2H3,(H,25,27)/t14-/m1/s1. The molecule has 3 rings (SSSR count). The summed E-state index contributed by atoms with van der Waals surface area (Å²) >= 11 is 5.90. The van der Waals surface area contributed by atoms with Crippen molar-refractivity contribution in [2.75, 3.05) is 5.32 Å². The molecule has 0 aliphatic rings. The lowest BCUT2D eigenvalue weighted by Gasteiger charge is -2.13. The number of nitrogens with zero attached hydrogens (tertiary/aromatic N) is 2. The highest BCUT2D eigenvalue weighted by Gasteiger charge is 2.19. The van der Waals surface area contributed by atoms with Gasteiger partial charge >= 0.3 is 5.97 Å². The van der Waals surface area contributed by atoms with Gasteiger partial charge in [-0.25, -0.2) is 9.97 Å². The predicted molar refractivity (Wildman–Crippen MR) is 108 cm³/mol. The van der Waals surface area contributed by atoms with Gasteiger partial charge in [-0.05, 0) is 26.0 Å². The van der Waals surface area contributed by atoms with Crippen molar-refractivity contribution in [3.63, 3.8) is 0 Å². The van der Waals surface area contributed by atoms with Crippen molar-refractivity contribution >= 4 is 29.2 Å². The van der Waals surface area contributed by atoms with Gasteiger partial charge in [0.05, 0.1) is 18.3 Å². The average molecular weight is 414 g/mol. The third-order valence-electron chi connectivity index (χ3n) is 4.13. The van der Waals surface area contributed by atoms with Crippen LogP contribution in [0.5, 0.6) is 0 Å². The number of pyridine rings is 1. The van der Waals surface area contributed by atoms with Gasteiger partial charge in [0.2, 0.25) is 0 Å². The van der Waals surface area contributed by atoms with E-state index in [1.54, 1.807) is 18.3 Å². The van der Waals surface area contributed by atoms with E-state index in [1.807, 2.05) is 31.2 Å². The molecule has 1 amide bonds. The number of hydrogen-bond acceptors (Lipinski definition) is 6. The summed E-state index contributed by atoms with van der Waals surface area (Å²) in [7, 11) is 0. The zero-order chi connectivity index (χ0) is 20.8. The summed E-state index contributed by atoms with van der Waals surface area (Å²) in [5.74, 6) is 0.0392. The van der Waals surface area contributed by atoms with Gasteiger partial charge in [-0.3, -0.25) is 9.59 Å². The van der Waals surface area contributed by atoms with Crippen LogP contribution in [0.3, 0.4) is 0 Å². The highest BCUT2D eigenvalue weighted by Crippen LogP contribution is 2.21. The highest BCUT2D eigenvalue weighted by molar-refractivity contribution is 6.32. The summed E-state index contributed by atoms with van der Waals surface area (Å²) in [6.45, 7) is 3.49. The van der Waals surface area contributed by atoms with Crippen molar-refractivity contribution in [1.29, 1.82) is 0 Å². The zero-order valence-corrected chi connectivity index (χ0v) is 16.8. The normalized spacial score (nSPS) is 11.7. The van der Waals surface area contributed by atoms with Gasteiger partial charge in [0.1, 0.15) is 0 Å². The van der Waals surface area contributed by atoms with Crippen molar-refractivity contribution < 1.29 is 18.7 Å². The number of hydrogen-bond donors (Lipinski definition) is 1. The van der Waals surface area contributed by atoms with E-state index in [2.05, 4.69) is 15.3 Å². The number of aryl methyl sites for hydroxylation is 2. The van der Waals surface area contributed by atoms with E-state index >= 15 is 0 Å². The number of oxazole rings is 1. The van der Waals surface area contributed by atoms with Crippen LogP contribution in [-0.2, 0) is 20.7 Å². The van der Waals surface area contributed by atoms with Gasteiger partial charge in [0.15, 0.2) is 22.9 Å². The summed E-state index contributed by atoms with van der Waals surface area (Å²) in [5, 5.41) is 2.73. The smallest absolute Gasteiger partial charge is 0.307 e. The molecule has 2 heterocycles. The molecule has 3 aromatic rings. The zero-order valence-electron chi connectivity index (χ0n) is 16.0. The number of carbonyl (C=O) groups excluding carboxylic acids is 2. The number of aromatic nitrogens is 2. The number of carbonyl (C=O) groups is 2. The van der Waals surface area contributed by atoms with E-state index in [1.165, 1.54) is 13.1 Å². The van der Waals surface area contributed by atoms with Crippen LogP contribution >= 0.6 is 11.6 Å². The summed E-state index contributed by atoms with van der Waals surface area (Å²) in [6.07, 6.45) is 2.46. The molecule has 1 N–H and O–H groups in total. The number of ether oxygens (including phenoxy) is 1. The third kappa shape index (κ3) is 5.65. The molecule has 150 valence electrons. The molecule has 8 heteroatoms. The first-order valence-corrected chi connectivity index (χ1v) is 9.43. The van der Waals surface area contributed by atoms with E-state index in [0.717, 1.165) is 11.1 Å². The molecular formula is C21H20ClN3O4. The summed E-state index contributed by atoms with van der Waals surface area (Å²) in [4.78, 5) is 32.3.